The molecule has 1 aliphatic rings. The van der Waals surface area contributed by atoms with Crippen LogP contribution in [0.4, 0.5) is 5.69 Å². The molecule has 2 heterocycles. The number of piperazine rings is 1. The molecule has 6 heteroatoms. The average Bonchev–Trinajstić information content (AvgIpc) is 2.46. The third-order valence-corrected chi connectivity index (χ3v) is 3.93. The molecule has 0 amide bonds. The minimum atomic E-state index is -0.140. The Balaban J connectivity index is 1.83. The number of anilines is 1. The molecule has 1 saturated heterocycles. The number of pyridine rings is 1. The van der Waals surface area contributed by atoms with Crippen LogP contribution in [0.2, 0.25) is 0 Å². The van der Waals surface area contributed by atoms with Gasteiger partial charge in [0.1, 0.15) is 0 Å². The van der Waals surface area contributed by atoms with E-state index in [1.54, 1.807) is 0 Å². The van der Waals surface area contributed by atoms with Crippen molar-refractivity contribution >= 4 is 27.6 Å². The molecule has 1 aliphatic heterocycles. The number of hydrogen-bond donors (Lipinski definition) is 0. The van der Waals surface area contributed by atoms with Crippen molar-refractivity contribution < 1.29 is 9.53 Å². The lowest BCUT2D eigenvalue weighted by Gasteiger charge is -2.36. The molecular weight excluding hydrogens is 310 g/mol. The number of rotatable bonds is 4. The molecule has 1 aromatic heterocycles. The van der Waals surface area contributed by atoms with Crippen molar-refractivity contribution in [1.82, 2.24) is 9.88 Å². The van der Waals surface area contributed by atoms with Crippen molar-refractivity contribution in [3.8, 4) is 0 Å². The summed E-state index contributed by atoms with van der Waals surface area (Å²) >= 11 is 3.53. The van der Waals surface area contributed by atoms with Crippen LogP contribution in [0.5, 0.6) is 0 Å². The fourth-order valence-electron chi connectivity index (χ4n) is 2.19. The third-order valence-electron chi connectivity index (χ3n) is 3.32. The second-order valence-corrected chi connectivity index (χ2v) is 5.34. The first-order valence-electron chi connectivity index (χ1n) is 6.34. The summed E-state index contributed by atoms with van der Waals surface area (Å²) in [5, 5.41) is 0. The summed E-state index contributed by atoms with van der Waals surface area (Å²) < 4.78 is 5.68. The predicted octanol–water partition coefficient (Wildman–Crippen LogP) is 1.53. The number of carbonyl (C=O) groups excluding carboxylic acids is 1. The fraction of sp³-hybridized carbons (Fsp3) is 0.538. The van der Waals surface area contributed by atoms with Gasteiger partial charge in [0.2, 0.25) is 0 Å². The minimum Gasteiger partial charge on any atom is -0.469 e. The van der Waals surface area contributed by atoms with Crippen molar-refractivity contribution in [2.24, 2.45) is 0 Å². The normalized spacial score (nSPS) is 16.4. The van der Waals surface area contributed by atoms with Gasteiger partial charge in [0, 0.05) is 45.1 Å². The Hall–Kier alpha value is -1.14. The predicted molar refractivity (Wildman–Crippen MR) is 77.2 cm³/mol. The second kappa shape index (κ2) is 6.86. The van der Waals surface area contributed by atoms with Gasteiger partial charge in [0.15, 0.2) is 0 Å². The van der Waals surface area contributed by atoms with E-state index in [1.807, 2.05) is 18.5 Å². The van der Waals surface area contributed by atoms with Crippen molar-refractivity contribution in [2.75, 3.05) is 44.7 Å². The molecule has 0 radical (unpaired) electrons. The Kier molecular flexibility index (Phi) is 5.15. The maximum absolute atomic E-state index is 11.1. The van der Waals surface area contributed by atoms with Crippen LogP contribution in [-0.4, -0.2) is 55.7 Å². The largest absolute Gasteiger partial charge is 0.469 e. The second-order valence-electron chi connectivity index (χ2n) is 4.48. The molecule has 19 heavy (non-hydrogen) atoms. The third kappa shape index (κ3) is 3.91. The number of aromatic nitrogens is 1. The van der Waals surface area contributed by atoms with Crippen molar-refractivity contribution in [3.63, 3.8) is 0 Å². The van der Waals surface area contributed by atoms with E-state index in [4.69, 9.17) is 0 Å². The van der Waals surface area contributed by atoms with E-state index in [2.05, 4.69) is 35.5 Å². The molecule has 0 saturated carbocycles. The van der Waals surface area contributed by atoms with Gasteiger partial charge in [-0.15, -0.1) is 0 Å². The summed E-state index contributed by atoms with van der Waals surface area (Å²) in [4.78, 5) is 19.8. The number of esters is 1. The summed E-state index contributed by atoms with van der Waals surface area (Å²) in [6.07, 6.45) is 4.10. The van der Waals surface area contributed by atoms with Gasteiger partial charge in [-0.1, -0.05) is 0 Å². The first-order chi connectivity index (χ1) is 9.20. The smallest absolute Gasteiger partial charge is 0.306 e. The van der Waals surface area contributed by atoms with Crippen LogP contribution in [-0.2, 0) is 9.53 Å². The van der Waals surface area contributed by atoms with Crippen LogP contribution in [0.25, 0.3) is 0 Å². The molecule has 0 N–H and O–H groups in total. The summed E-state index contributed by atoms with van der Waals surface area (Å²) in [5.74, 6) is -0.140. The molecule has 1 aromatic rings. The summed E-state index contributed by atoms with van der Waals surface area (Å²) in [6.45, 7) is 4.63. The lowest BCUT2D eigenvalue weighted by Crippen LogP contribution is -2.47. The van der Waals surface area contributed by atoms with E-state index in [-0.39, 0.29) is 5.97 Å². The highest BCUT2D eigenvalue weighted by Gasteiger charge is 2.19. The topological polar surface area (TPSA) is 45.7 Å². The molecule has 0 bridgehead atoms. The zero-order valence-corrected chi connectivity index (χ0v) is 12.6. The van der Waals surface area contributed by atoms with Crippen molar-refractivity contribution in [2.45, 2.75) is 6.42 Å². The highest BCUT2D eigenvalue weighted by atomic mass is 79.9. The van der Waals surface area contributed by atoms with Gasteiger partial charge in [-0.3, -0.25) is 14.7 Å². The van der Waals surface area contributed by atoms with Gasteiger partial charge in [-0.2, -0.15) is 0 Å². The summed E-state index contributed by atoms with van der Waals surface area (Å²) in [6, 6.07) is 2.02. The molecule has 0 spiro atoms. The monoisotopic (exact) mass is 327 g/mol. The van der Waals surface area contributed by atoms with Gasteiger partial charge in [-0.05, 0) is 22.0 Å². The van der Waals surface area contributed by atoms with E-state index >= 15 is 0 Å². The molecule has 104 valence electrons. The van der Waals surface area contributed by atoms with E-state index in [0.29, 0.717) is 6.42 Å². The maximum atomic E-state index is 11.1. The standard InChI is InChI=1S/C13H18BrN3O2/c1-19-13(18)3-5-16-6-8-17(9-7-16)12-2-4-15-10-11(12)14/h2,4,10H,3,5-9H2,1H3. The number of nitrogens with zero attached hydrogens (tertiary/aromatic N) is 3. The lowest BCUT2D eigenvalue weighted by molar-refractivity contribution is -0.141. The Labute approximate surface area is 121 Å². The van der Waals surface area contributed by atoms with E-state index < -0.39 is 0 Å². The van der Waals surface area contributed by atoms with Crippen LogP contribution in [0.3, 0.4) is 0 Å². The summed E-state index contributed by atoms with van der Waals surface area (Å²) in [5.41, 5.74) is 1.18. The highest BCUT2D eigenvalue weighted by molar-refractivity contribution is 9.10. The molecule has 2 rings (SSSR count). The van der Waals surface area contributed by atoms with Crippen molar-refractivity contribution in [3.05, 3.63) is 22.9 Å². The Morgan fingerprint density at radius 3 is 2.79 bits per heavy atom. The van der Waals surface area contributed by atoms with E-state index in [0.717, 1.165) is 37.2 Å². The molecule has 0 atom stereocenters. The zero-order valence-electron chi connectivity index (χ0n) is 11.0. The molecule has 0 aliphatic carbocycles. The van der Waals surface area contributed by atoms with Gasteiger partial charge >= 0.3 is 5.97 Å². The molecule has 0 unspecified atom stereocenters. The van der Waals surface area contributed by atoms with Gasteiger partial charge in [0.05, 0.1) is 23.7 Å². The molecular formula is C13H18BrN3O2. The van der Waals surface area contributed by atoms with Gasteiger partial charge in [0.25, 0.3) is 0 Å². The fourth-order valence-corrected chi connectivity index (χ4v) is 2.69. The number of ether oxygens (including phenoxy) is 1. The van der Waals surface area contributed by atoms with Crippen LogP contribution in [0.15, 0.2) is 22.9 Å². The maximum Gasteiger partial charge on any atom is 0.306 e. The van der Waals surface area contributed by atoms with Crippen LogP contribution in [0, 0.1) is 0 Å². The van der Waals surface area contributed by atoms with Gasteiger partial charge < -0.3 is 9.64 Å². The quantitative estimate of drug-likeness (QED) is 0.785. The average molecular weight is 328 g/mol. The van der Waals surface area contributed by atoms with Crippen molar-refractivity contribution in [1.29, 1.82) is 0 Å². The first-order valence-corrected chi connectivity index (χ1v) is 7.13. The Morgan fingerprint density at radius 1 is 1.42 bits per heavy atom. The first kappa shape index (κ1) is 14.3. The Morgan fingerprint density at radius 2 is 2.16 bits per heavy atom. The van der Waals surface area contributed by atoms with E-state index in [1.165, 1.54) is 12.8 Å². The molecule has 1 fully saturated rings. The number of methoxy groups -OCH3 is 1. The van der Waals surface area contributed by atoms with Gasteiger partial charge in [-0.25, -0.2) is 0 Å². The van der Waals surface area contributed by atoms with Crippen LogP contribution >= 0.6 is 15.9 Å². The minimum absolute atomic E-state index is 0.140. The van der Waals surface area contributed by atoms with E-state index in [9.17, 15) is 4.79 Å². The SMILES string of the molecule is COC(=O)CCN1CCN(c2ccncc2Br)CC1. The summed E-state index contributed by atoms with van der Waals surface area (Å²) in [7, 11) is 1.43. The number of carbonyl (C=O) groups is 1. The van der Waals surface area contributed by atoms with Crippen LogP contribution in [0.1, 0.15) is 6.42 Å². The Bertz CT molecular complexity index is 434. The lowest BCUT2D eigenvalue weighted by atomic mass is 10.2. The molecule has 5 nitrogen and oxygen atoms in total. The molecule has 0 aromatic carbocycles. The number of halogens is 1. The zero-order chi connectivity index (χ0) is 13.7. The number of hydrogen-bond acceptors (Lipinski definition) is 5. The highest BCUT2D eigenvalue weighted by Crippen LogP contribution is 2.25. The van der Waals surface area contributed by atoms with Crippen LogP contribution < -0.4 is 4.90 Å².